The smallest absolute Gasteiger partial charge is 0.348 e. The molecule has 3 heterocycles. The first kappa shape index (κ1) is 19.6. The van der Waals surface area contributed by atoms with Gasteiger partial charge in [0.2, 0.25) is 0 Å². The Balaban J connectivity index is 1.57. The SMILES string of the molecule is CCOC(=O)c1sc2ncnc(Nc3ccc(N4CCC(C)CC4)cc3)c2c1C. The molecule has 0 radical (unpaired) electrons. The lowest BCUT2D eigenvalue weighted by Crippen LogP contribution is -2.32. The van der Waals surface area contributed by atoms with Crippen molar-refractivity contribution in [2.45, 2.75) is 33.6 Å². The standard InChI is InChI=1S/C22H26N4O2S/c1-4-28-22(27)19-15(3)18-20(23-13-24-21(18)29-19)25-16-5-7-17(8-6-16)26-11-9-14(2)10-12-26/h5-8,13-14H,4,9-12H2,1-3H3,(H,23,24,25). The lowest BCUT2D eigenvalue weighted by molar-refractivity contribution is 0.0531. The third-order valence-corrected chi connectivity index (χ3v) is 6.65. The number of piperidine rings is 1. The van der Waals surface area contributed by atoms with E-state index in [1.54, 1.807) is 0 Å². The number of fused-ring (bicyclic) bond motifs is 1. The zero-order chi connectivity index (χ0) is 20.4. The Kier molecular flexibility index (Phi) is 5.67. The Morgan fingerprint density at radius 3 is 2.66 bits per heavy atom. The molecule has 1 aromatic carbocycles. The maximum atomic E-state index is 12.2. The quantitative estimate of drug-likeness (QED) is 0.586. The second-order valence-electron chi connectivity index (χ2n) is 7.52. The topological polar surface area (TPSA) is 67.3 Å². The number of nitrogens with zero attached hydrogens (tertiary/aromatic N) is 3. The molecule has 6 nitrogen and oxygen atoms in total. The van der Waals surface area contributed by atoms with Gasteiger partial charge in [-0.1, -0.05) is 6.92 Å². The van der Waals surface area contributed by atoms with E-state index in [4.69, 9.17) is 4.74 Å². The van der Waals surface area contributed by atoms with Crippen LogP contribution in [0.15, 0.2) is 30.6 Å². The minimum absolute atomic E-state index is 0.306. The Hall–Kier alpha value is -2.67. The molecule has 1 fully saturated rings. The Morgan fingerprint density at radius 2 is 1.97 bits per heavy atom. The number of carbonyl (C=O) groups excluding carboxylic acids is 1. The first-order chi connectivity index (χ1) is 14.1. The van der Waals surface area contributed by atoms with Crippen LogP contribution in [0.3, 0.4) is 0 Å². The van der Waals surface area contributed by atoms with Gasteiger partial charge in [-0.05, 0) is 62.4 Å². The van der Waals surface area contributed by atoms with Gasteiger partial charge in [0.05, 0.1) is 12.0 Å². The zero-order valence-electron chi connectivity index (χ0n) is 17.1. The molecule has 0 atom stereocenters. The van der Waals surface area contributed by atoms with Crippen molar-refractivity contribution in [2.75, 3.05) is 29.9 Å². The highest BCUT2D eigenvalue weighted by Gasteiger charge is 2.20. The summed E-state index contributed by atoms with van der Waals surface area (Å²) in [6.45, 7) is 8.64. The lowest BCUT2D eigenvalue weighted by atomic mass is 9.99. The van der Waals surface area contributed by atoms with E-state index in [9.17, 15) is 4.79 Å². The largest absolute Gasteiger partial charge is 0.462 e. The van der Waals surface area contributed by atoms with Gasteiger partial charge in [0.25, 0.3) is 0 Å². The Bertz CT molecular complexity index is 1010. The number of aromatic nitrogens is 2. The van der Waals surface area contributed by atoms with Gasteiger partial charge >= 0.3 is 5.97 Å². The van der Waals surface area contributed by atoms with Gasteiger partial charge in [0, 0.05) is 24.5 Å². The molecule has 0 amide bonds. The summed E-state index contributed by atoms with van der Waals surface area (Å²) < 4.78 is 5.17. The summed E-state index contributed by atoms with van der Waals surface area (Å²) in [6.07, 6.45) is 4.02. The molecular weight excluding hydrogens is 384 g/mol. The first-order valence-electron chi connectivity index (χ1n) is 10.1. The molecule has 0 aliphatic carbocycles. The van der Waals surface area contributed by atoms with E-state index in [-0.39, 0.29) is 5.97 Å². The second kappa shape index (κ2) is 8.37. The van der Waals surface area contributed by atoms with E-state index in [1.807, 2.05) is 13.8 Å². The number of esters is 1. The van der Waals surface area contributed by atoms with E-state index in [0.29, 0.717) is 17.3 Å². The summed E-state index contributed by atoms with van der Waals surface area (Å²) in [5.41, 5.74) is 3.07. The van der Waals surface area contributed by atoms with Crippen LogP contribution >= 0.6 is 11.3 Å². The van der Waals surface area contributed by atoms with Crippen LogP contribution in [0.5, 0.6) is 0 Å². The summed E-state index contributed by atoms with van der Waals surface area (Å²) in [5, 5.41) is 4.26. The molecule has 1 N–H and O–H groups in total. The molecule has 1 saturated heterocycles. The van der Waals surface area contributed by atoms with Crippen LogP contribution in [0.4, 0.5) is 17.2 Å². The number of anilines is 3. The fourth-order valence-corrected chi connectivity index (χ4v) is 4.76. The summed E-state index contributed by atoms with van der Waals surface area (Å²) >= 11 is 1.35. The predicted molar refractivity (Wildman–Crippen MR) is 118 cm³/mol. The van der Waals surface area contributed by atoms with Crippen molar-refractivity contribution < 1.29 is 9.53 Å². The van der Waals surface area contributed by atoms with Gasteiger partial charge in [-0.2, -0.15) is 0 Å². The minimum Gasteiger partial charge on any atom is -0.462 e. The van der Waals surface area contributed by atoms with Crippen LogP contribution in [-0.4, -0.2) is 35.6 Å². The molecule has 3 aromatic rings. The van der Waals surface area contributed by atoms with Crippen LogP contribution in [0.1, 0.15) is 41.9 Å². The number of thiophene rings is 1. The van der Waals surface area contributed by atoms with E-state index in [2.05, 4.69) is 51.4 Å². The molecule has 29 heavy (non-hydrogen) atoms. The van der Waals surface area contributed by atoms with Gasteiger partial charge in [-0.25, -0.2) is 14.8 Å². The number of hydrogen-bond acceptors (Lipinski definition) is 7. The maximum absolute atomic E-state index is 12.2. The van der Waals surface area contributed by atoms with Gasteiger partial charge in [-0.15, -0.1) is 11.3 Å². The van der Waals surface area contributed by atoms with Crippen LogP contribution < -0.4 is 10.2 Å². The van der Waals surface area contributed by atoms with Crippen molar-refractivity contribution in [2.24, 2.45) is 5.92 Å². The van der Waals surface area contributed by atoms with Gasteiger partial charge in [-0.3, -0.25) is 0 Å². The number of ether oxygens (including phenoxy) is 1. The molecule has 7 heteroatoms. The van der Waals surface area contributed by atoms with Crippen molar-refractivity contribution in [3.63, 3.8) is 0 Å². The molecule has 0 bridgehead atoms. The normalized spacial score (nSPS) is 14.9. The van der Waals surface area contributed by atoms with Gasteiger partial charge in [0.15, 0.2) is 0 Å². The first-order valence-corrected chi connectivity index (χ1v) is 10.9. The zero-order valence-corrected chi connectivity index (χ0v) is 17.9. The lowest BCUT2D eigenvalue weighted by Gasteiger charge is -2.32. The maximum Gasteiger partial charge on any atom is 0.348 e. The van der Waals surface area contributed by atoms with E-state index in [0.717, 1.165) is 40.5 Å². The monoisotopic (exact) mass is 410 g/mol. The molecule has 0 spiro atoms. The average Bonchev–Trinajstić information content (AvgIpc) is 3.07. The Labute approximate surface area is 174 Å². The molecule has 0 unspecified atom stereocenters. The van der Waals surface area contributed by atoms with Gasteiger partial charge < -0.3 is 15.0 Å². The van der Waals surface area contributed by atoms with Crippen molar-refractivity contribution in [3.8, 4) is 0 Å². The second-order valence-corrected chi connectivity index (χ2v) is 8.52. The van der Waals surface area contributed by atoms with Crippen molar-refractivity contribution >= 4 is 44.7 Å². The van der Waals surface area contributed by atoms with Crippen LogP contribution in [0.2, 0.25) is 0 Å². The molecule has 152 valence electrons. The van der Waals surface area contributed by atoms with Gasteiger partial charge in [0.1, 0.15) is 21.9 Å². The molecule has 0 saturated carbocycles. The summed E-state index contributed by atoms with van der Waals surface area (Å²) in [7, 11) is 0. The molecule has 1 aliphatic heterocycles. The summed E-state index contributed by atoms with van der Waals surface area (Å²) in [6, 6.07) is 8.47. The molecular formula is C22H26N4O2S. The fourth-order valence-electron chi connectivity index (χ4n) is 3.72. The number of aryl methyl sites for hydroxylation is 1. The van der Waals surface area contributed by atoms with E-state index in [1.165, 1.54) is 36.2 Å². The minimum atomic E-state index is -0.306. The van der Waals surface area contributed by atoms with Crippen LogP contribution in [-0.2, 0) is 4.74 Å². The van der Waals surface area contributed by atoms with Crippen molar-refractivity contribution in [3.05, 3.63) is 41.0 Å². The third-order valence-electron chi connectivity index (χ3n) is 5.47. The summed E-state index contributed by atoms with van der Waals surface area (Å²) in [4.78, 5) is 24.8. The highest BCUT2D eigenvalue weighted by molar-refractivity contribution is 7.20. The molecule has 4 rings (SSSR count). The average molecular weight is 411 g/mol. The molecule has 1 aliphatic rings. The fraction of sp³-hybridized carbons (Fsp3) is 0.409. The molecule has 2 aromatic heterocycles. The Morgan fingerprint density at radius 1 is 1.24 bits per heavy atom. The highest BCUT2D eigenvalue weighted by atomic mass is 32.1. The number of nitrogens with one attached hydrogen (secondary N) is 1. The summed E-state index contributed by atoms with van der Waals surface area (Å²) in [5.74, 6) is 1.22. The number of carbonyl (C=O) groups is 1. The third kappa shape index (κ3) is 4.05. The highest BCUT2D eigenvalue weighted by Crippen LogP contribution is 2.35. The van der Waals surface area contributed by atoms with Crippen LogP contribution in [0, 0.1) is 12.8 Å². The van der Waals surface area contributed by atoms with Crippen molar-refractivity contribution in [1.29, 1.82) is 0 Å². The number of rotatable bonds is 5. The number of benzene rings is 1. The van der Waals surface area contributed by atoms with E-state index < -0.39 is 0 Å². The van der Waals surface area contributed by atoms with Crippen molar-refractivity contribution in [1.82, 2.24) is 9.97 Å². The predicted octanol–water partition coefficient (Wildman–Crippen LogP) is 5.16. The van der Waals surface area contributed by atoms with E-state index >= 15 is 0 Å². The number of hydrogen-bond donors (Lipinski definition) is 1. The van der Waals surface area contributed by atoms with Crippen LogP contribution in [0.25, 0.3) is 10.2 Å².